The van der Waals surface area contributed by atoms with Crippen molar-refractivity contribution in [1.82, 2.24) is 4.90 Å². The van der Waals surface area contributed by atoms with Gasteiger partial charge in [-0.1, -0.05) is 26.0 Å². The van der Waals surface area contributed by atoms with Gasteiger partial charge < -0.3 is 5.11 Å². The zero-order chi connectivity index (χ0) is 17.7. The van der Waals surface area contributed by atoms with Crippen LogP contribution in [0.5, 0.6) is 0 Å². The fourth-order valence-corrected chi connectivity index (χ4v) is 4.27. The molecule has 0 bridgehead atoms. The van der Waals surface area contributed by atoms with Gasteiger partial charge in [0.15, 0.2) is 0 Å². The predicted octanol–water partition coefficient (Wildman–Crippen LogP) is 4.61. The molecular formula is C21H34FNO. The summed E-state index contributed by atoms with van der Waals surface area (Å²) in [7, 11) is 0. The molecule has 24 heavy (non-hydrogen) atoms. The summed E-state index contributed by atoms with van der Waals surface area (Å²) in [4.78, 5) is 2.77. The lowest BCUT2D eigenvalue weighted by Crippen LogP contribution is -2.42. The lowest BCUT2D eigenvalue weighted by Gasteiger charge is -2.44. The Balaban J connectivity index is 0.000000471. The summed E-state index contributed by atoms with van der Waals surface area (Å²) in [5.74, 6) is 1.78. The Labute approximate surface area is 147 Å². The SMILES string of the molecule is Cc1cc2c(cc1C)[C@H]1CC[C@H](CC(C)C)CN1CC2.OCCF. The monoisotopic (exact) mass is 335 g/mol. The topological polar surface area (TPSA) is 23.5 Å². The molecule has 0 amide bonds. The lowest BCUT2D eigenvalue weighted by atomic mass is 9.80. The first kappa shape index (κ1) is 19.4. The van der Waals surface area contributed by atoms with E-state index in [1.54, 1.807) is 11.1 Å². The number of aliphatic hydroxyl groups is 1. The quantitative estimate of drug-likeness (QED) is 0.872. The van der Waals surface area contributed by atoms with Crippen molar-refractivity contribution in [3.63, 3.8) is 0 Å². The number of halogens is 1. The summed E-state index contributed by atoms with van der Waals surface area (Å²) in [6.07, 6.45) is 5.45. The highest BCUT2D eigenvalue weighted by atomic mass is 19.1. The van der Waals surface area contributed by atoms with Crippen LogP contribution in [-0.4, -0.2) is 36.4 Å². The molecule has 3 heteroatoms. The maximum Gasteiger partial charge on any atom is 0.112 e. The van der Waals surface area contributed by atoms with E-state index in [9.17, 15) is 4.39 Å². The lowest BCUT2D eigenvalue weighted by molar-refractivity contribution is 0.0896. The number of rotatable bonds is 3. The molecule has 136 valence electrons. The summed E-state index contributed by atoms with van der Waals surface area (Å²) in [5.41, 5.74) is 6.19. The van der Waals surface area contributed by atoms with E-state index < -0.39 is 6.67 Å². The third-order valence-electron chi connectivity index (χ3n) is 5.45. The zero-order valence-corrected chi connectivity index (χ0v) is 15.8. The normalized spacial score (nSPS) is 23.3. The number of benzene rings is 1. The van der Waals surface area contributed by atoms with Crippen LogP contribution in [0, 0.1) is 25.7 Å². The van der Waals surface area contributed by atoms with Crippen molar-refractivity contribution in [3.05, 3.63) is 34.4 Å². The van der Waals surface area contributed by atoms with Gasteiger partial charge in [0.1, 0.15) is 6.67 Å². The van der Waals surface area contributed by atoms with Crippen LogP contribution in [0.1, 0.15) is 61.4 Å². The minimum Gasteiger partial charge on any atom is -0.394 e. The fraction of sp³-hybridized carbons (Fsp3) is 0.714. The second-order valence-electron chi connectivity index (χ2n) is 7.88. The standard InChI is InChI=1S/C19H29N.C2H5FO/c1-13(2)9-16-5-6-19-18-11-15(4)14(3)10-17(18)7-8-20(19)12-16;3-1-2-4/h10-11,13,16,19H,5-9,12H2,1-4H3;4H,1-2H2/t16-,19-;/m1./s1. The number of aryl methyl sites for hydroxylation is 2. The van der Waals surface area contributed by atoms with Gasteiger partial charge in [-0.05, 0) is 73.6 Å². The van der Waals surface area contributed by atoms with Crippen molar-refractivity contribution in [2.24, 2.45) is 11.8 Å². The molecule has 0 spiro atoms. The van der Waals surface area contributed by atoms with Gasteiger partial charge in [0.05, 0.1) is 6.61 Å². The molecule has 2 aliphatic heterocycles. The average Bonchev–Trinajstić information content (AvgIpc) is 2.55. The van der Waals surface area contributed by atoms with E-state index in [1.807, 2.05) is 0 Å². The molecule has 1 aromatic rings. The molecular weight excluding hydrogens is 301 g/mol. The fourth-order valence-electron chi connectivity index (χ4n) is 4.27. The van der Waals surface area contributed by atoms with E-state index in [1.165, 1.54) is 49.9 Å². The number of hydrogen-bond acceptors (Lipinski definition) is 2. The average molecular weight is 336 g/mol. The molecule has 2 nitrogen and oxygen atoms in total. The van der Waals surface area contributed by atoms with E-state index in [0.717, 1.165) is 11.8 Å². The minimum atomic E-state index is -0.625. The Hall–Kier alpha value is -0.930. The molecule has 0 unspecified atom stereocenters. The molecule has 0 saturated carbocycles. The highest BCUT2D eigenvalue weighted by Gasteiger charge is 2.33. The van der Waals surface area contributed by atoms with E-state index in [0.29, 0.717) is 6.04 Å². The van der Waals surface area contributed by atoms with Gasteiger partial charge in [-0.3, -0.25) is 4.90 Å². The third-order valence-corrected chi connectivity index (χ3v) is 5.45. The molecule has 0 radical (unpaired) electrons. The van der Waals surface area contributed by atoms with Crippen LogP contribution in [0.25, 0.3) is 0 Å². The van der Waals surface area contributed by atoms with Crippen molar-refractivity contribution >= 4 is 0 Å². The smallest absolute Gasteiger partial charge is 0.112 e. The Morgan fingerprint density at radius 3 is 2.50 bits per heavy atom. The van der Waals surface area contributed by atoms with E-state index in [4.69, 9.17) is 5.11 Å². The van der Waals surface area contributed by atoms with Crippen LogP contribution in [0.3, 0.4) is 0 Å². The first-order chi connectivity index (χ1) is 11.5. The molecule has 1 saturated heterocycles. The van der Waals surface area contributed by atoms with Crippen molar-refractivity contribution < 1.29 is 9.50 Å². The Morgan fingerprint density at radius 1 is 1.21 bits per heavy atom. The molecule has 1 fully saturated rings. The number of piperidine rings is 1. The van der Waals surface area contributed by atoms with Crippen molar-refractivity contribution in [3.8, 4) is 0 Å². The summed E-state index contributed by atoms with van der Waals surface area (Å²) >= 11 is 0. The molecule has 0 aromatic heterocycles. The largest absolute Gasteiger partial charge is 0.394 e. The van der Waals surface area contributed by atoms with Crippen LogP contribution >= 0.6 is 0 Å². The Morgan fingerprint density at radius 2 is 1.88 bits per heavy atom. The van der Waals surface area contributed by atoms with Crippen LogP contribution in [0.15, 0.2) is 12.1 Å². The third kappa shape index (κ3) is 4.80. The molecule has 0 aliphatic carbocycles. The van der Waals surface area contributed by atoms with E-state index in [2.05, 4.69) is 44.7 Å². The summed E-state index contributed by atoms with van der Waals surface area (Å²) in [6.45, 7) is 10.9. The Kier molecular flexibility index (Phi) is 7.24. The van der Waals surface area contributed by atoms with Gasteiger partial charge in [-0.25, -0.2) is 4.39 Å². The van der Waals surface area contributed by atoms with Crippen LogP contribution in [0.2, 0.25) is 0 Å². The van der Waals surface area contributed by atoms with Gasteiger partial charge in [-0.2, -0.15) is 0 Å². The number of nitrogens with zero attached hydrogens (tertiary/aromatic N) is 1. The van der Waals surface area contributed by atoms with E-state index >= 15 is 0 Å². The molecule has 2 aliphatic rings. The second kappa shape index (κ2) is 8.96. The second-order valence-corrected chi connectivity index (χ2v) is 7.88. The number of fused-ring (bicyclic) bond motifs is 3. The number of hydrogen-bond donors (Lipinski definition) is 1. The first-order valence-electron chi connectivity index (χ1n) is 9.47. The van der Waals surface area contributed by atoms with Gasteiger partial charge in [0, 0.05) is 19.1 Å². The van der Waals surface area contributed by atoms with Crippen LogP contribution < -0.4 is 0 Å². The molecule has 3 rings (SSSR count). The summed E-state index contributed by atoms with van der Waals surface area (Å²) < 4.78 is 10.5. The maximum absolute atomic E-state index is 10.5. The van der Waals surface area contributed by atoms with Crippen LogP contribution in [0.4, 0.5) is 4.39 Å². The van der Waals surface area contributed by atoms with Gasteiger partial charge >= 0.3 is 0 Å². The molecule has 1 aromatic carbocycles. The molecule has 2 atom stereocenters. The zero-order valence-electron chi connectivity index (χ0n) is 15.8. The van der Waals surface area contributed by atoms with Gasteiger partial charge in [0.2, 0.25) is 0 Å². The Bertz CT molecular complexity index is 527. The highest BCUT2D eigenvalue weighted by molar-refractivity contribution is 5.40. The van der Waals surface area contributed by atoms with E-state index in [-0.39, 0.29) is 6.61 Å². The molecule has 1 N–H and O–H groups in total. The van der Waals surface area contributed by atoms with Gasteiger partial charge in [-0.15, -0.1) is 0 Å². The predicted molar refractivity (Wildman–Crippen MR) is 99.2 cm³/mol. The highest BCUT2D eigenvalue weighted by Crippen LogP contribution is 2.40. The number of alkyl halides is 1. The first-order valence-corrected chi connectivity index (χ1v) is 9.47. The summed E-state index contributed by atoms with van der Waals surface area (Å²) in [5, 5.41) is 7.50. The van der Waals surface area contributed by atoms with Crippen molar-refractivity contribution in [2.45, 2.75) is 59.4 Å². The maximum atomic E-state index is 10.5. The van der Waals surface area contributed by atoms with Gasteiger partial charge in [0.25, 0.3) is 0 Å². The number of aliphatic hydroxyl groups excluding tert-OH is 1. The summed E-state index contributed by atoms with van der Waals surface area (Å²) in [6, 6.07) is 5.63. The van der Waals surface area contributed by atoms with Crippen molar-refractivity contribution in [2.75, 3.05) is 26.4 Å². The minimum absolute atomic E-state index is 0.347. The molecule has 2 heterocycles. The van der Waals surface area contributed by atoms with Crippen molar-refractivity contribution in [1.29, 1.82) is 0 Å². The van der Waals surface area contributed by atoms with Crippen LogP contribution in [-0.2, 0) is 6.42 Å².